The van der Waals surface area contributed by atoms with Gasteiger partial charge in [0, 0.05) is 65.9 Å². The number of halogens is 1. The third kappa shape index (κ3) is 4.41. The zero-order chi connectivity index (χ0) is 23.8. The lowest BCUT2D eigenvalue weighted by Crippen LogP contribution is -2.41. The fourth-order valence-corrected chi connectivity index (χ4v) is 4.93. The van der Waals surface area contributed by atoms with Crippen LogP contribution in [0, 0.1) is 13.8 Å². The molecule has 4 aromatic rings. The number of hydrogen-bond acceptors (Lipinski definition) is 6. The quantitative estimate of drug-likeness (QED) is 0.375. The van der Waals surface area contributed by atoms with Gasteiger partial charge in [0.2, 0.25) is 5.95 Å². The number of fused-ring (bicyclic) bond motifs is 1. The van der Waals surface area contributed by atoms with Crippen LogP contribution in [0.5, 0.6) is 0 Å². The molecule has 1 aliphatic carbocycles. The highest BCUT2D eigenvalue weighted by molar-refractivity contribution is 6.36. The van der Waals surface area contributed by atoms with Gasteiger partial charge in [-0.05, 0) is 44.9 Å². The molecule has 3 heterocycles. The average molecular weight is 480 g/mol. The van der Waals surface area contributed by atoms with Gasteiger partial charge in [-0.15, -0.1) is 0 Å². The van der Waals surface area contributed by atoms with Crippen LogP contribution in [0.4, 0.5) is 11.6 Å². The van der Waals surface area contributed by atoms with Gasteiger partial charge in [-0.25, -0.2) is 9.67 Å². The van der Waals surface area contributed by atoms with Crippen molar-refractivity contribution in [1.82, 2.24) is 29.6 Å². The van der Waals surface area contributed by atoms with E-state index in [0.717, 1.165) is 64.2 Å². The van der Waals surface area contributed by atoms with Gasteiger partial charge in [0.15, 0.2) is 5.82 Å². The van der Waals surface area contributed by atoms with Crippen LogP contribution in [-0.2, 0) is 13.6 Å². The second-order valence-electron chi connectivity index (χ2n) is 9.08. The summed E-state index contributed by atoms with van der Waals surface area (Å²) in [6.07, 6.45) is 7.58. The zero-order valence-electron chi connectivity index (χ0n) is 19.7. The number of aliphatic hydroxyl groups excluding tert-OH is 1. The minimum absolute atomic E-state index is 0.144. The van der Waals surface area contributed by atoms with E-state index in [0.29, 0.717) is 18.3 Å². The SMILES string of the molecule is Cc1nn(-c2ccnc(Nc3ccc4c(c3)c(Cl)c(C)n4C)n2)cc1CN[C@H]1CCCC[C@@H]1O. The van der Waals surface area contributed by atoms with Crippen LogP contribution in [-0.4, -0.2) is 41.6 Å². The summed E-state index contributed by atoms with van der Waals surface area (Å²) in [4.78, 5) is 9.04. The molecular weight excluding hydrogens is 450 g/mol. The maximum atomic E-state index is 10.2. The molecule has 34 heavy (non-hydrogen) atoms. The normalized spacial score (nSPS) is 18.5. The Bertz CT molecular complexity index is 1330. The van der Waals surface area contributed by atoms with Crippen LogP contribution in [0.2, 0.25) is 5.02 Å². The van der Waals surface area contributed by atoms with Gasteiger partial charge in [0.05, 0.1) is 16.8 Å². The zero-order valence-corrected chi connectivity index (χ0v) is 20.5. The van der Waals surface area contributed by atoms with E-state index in [2.05, 4.69) is 30.3 Å². The Kier molecular flexibility index (Phi) is 6.29. The van der Waals surface area contributed by atoms with Crippen molar-refractivity contribution in [2.24, 2.45) is 7.05 Å². The highest BCUT2D eigenvalue weighted by Gasteiger charge is 2.22. The maximum Gasteiger partial charge on any atom is 0.229 e. The Hall–Kier alpha value is -2.94. The van der Waals surface area contributed by atoms with E-state index >= 15 is 0 Å². The van der Waals surface area contributed by atoms with Crippen molar-refractivity contribution < 1.29 is 5.11 Å². The lowest BCUT2D eigenvalue weighted by Gasteiger charge is -2.28. The van der Waals surface area contributed by atoms with Crippen molar-refractivity contribution in [2.75, 3.05) is 5.32 Å². The van der Waals surface area contributed by atoms with Crippen molar-refractivity contribution in [3.8, 4) is 5.82 Å². The Morgan fingerprint density at radius 1 is 1.18 bits per heavy atom. The van der Waals surface area contributed by atoms with Crippen LogP contribution < -0.4 is 10.6 Å². The minimum Gasteiger partial charge on any atom is -0.392 e. The highest BCUT2D eigenvalue weighted by atomic mass is 35.5. The number of anilines is 2. The molecule has 1 aromatic carbocycles. The molecule has 0 spiro atoms. The maximum absolute atomic E-state index is 10.2. The molecule has 0 aliphatic heterocycles. The van der Waals surface area contributed by atoms with E-state index < -0.39 is 0 Å². The molecule has 178 valence electrons. The van der Waals surface area contributed by atoms with Crippen molar-refractivity contribution >= 4 is 34.1 Å². The summed E-state index contributed by atoms with van der Waals surface area (Å²) >= 11 is 6.52. The molecule has 0 amide bonds. The first-order valence-corrected chi connectivity index (χ1v) is 12.1. The van der Waals surface area contributed by atoms with E-state index in [9.17, 15) is 5.11 Å². The first kappa shape index (κ1) is 22.8. The molecule has 1 saturated carbocycles. The summed E-state index contributed by atoms with van der Waals surface area (Å²) in [5.74, 6) is 1.16. The van der Waals surface area contributed by atoms with E-state index in [1.165, 1.54) is 0 Å². The lowest BCUT2D eigenvalue weighted by molar-refractivity contribution is 0.0902. The highest BCUT2D eigenvalue weighted by Crippen LogP contribution is 2.32. The smallest absolute Gasteiger partial charge is 0.229 e. The van der Waals surface area contributed by atoms with Crippen molar-refractivity contribution in [1.29, 1.82) is 0 Å². The largest absolute Gasteiger partial charge is 0.392 e. The fraction of sp³-hybridized carbons (Fsp3) is 0.400. The molecule has 5 rings (SSSR count). The van der Waals surface area contributed by atoms with Crippen LogP contribution in [0.1, 0.15) is 42.6 Å². The van der Waals surface area contributed by atoms with Crippen LogP contribution in [0.15, 0.2) is 36.7 Å². The topological polar surface area (TPSA) is 92.8 Å². The molecule has 2 atom stereocenters. The predicted octanol–water partition coefficient (Wildman–Crippen LogP) is 4.56. The second-order valence-corrected chi connectivity index (χ2v) is 9.46. The molecule has 0 saturated heterocycles. The third-order valence-electron chi connectivity index (χ3n) is 6.83. The molecular formula is C25H30ClN7O. The molecule has 9 heteroatoms. The number of benzene rings is 1. The van der Waals surface area contributed by atoms with Gasteiger partial charge in [-0.3, -0.25) is 0 Å². The van der Waals surface area contributed by atoms with Gasteiger partial charge in [0.1, 0.15) is 0 Å². The number of hydrogen-bond donors (Lipinski definition) is 3. The standard InChI is InChI=1S/C25H30ClN7O/c1-15-17(13-28-20-6-4-5-7-22(20)34)14-33(31-15)23-10-11-27-25(30-23)29-18-8-9-21-19(12-18)24(26)16(2)32(21)3/h8-12,14,20,22,28,34H,4-7,13H2,1-3H3,(H,27,29,30)/t20-,22-/m0/s1. The van der Waals surface area contributed by atoms with E-state index in [1.54, 1.807) is 10.9 Å². The molecule has 0 radical (unpaired) electrons. The summed E-state index contributed by atoms with van der Waals surface area (Å²) in [6.45, 7) is 4.67. The number of nitrogens with one attached hydrogen (secondary N) is 2. The Morgan fingerprint density at radius 3 is 2.82 bits per heavy atom. The summed E-state index contributed by atoms with van der Waals surface area (Å²) in [5, 5.41) is 23.4. The van der Waals surface area contributed by atoms with Crippen molar-refractivity contribution in [3.05, 3.63) is 58.6 Å². The van der Waals surface area contributed by atoms with Gasteiger partial charge >= 0.3 is 0 Å². The number of aryl methyl sites for hydroxylation is 2. The number of nitrogens with zero attached hydrogens (tertiary/aromatic N) is 5. The van der Waals surface area contributed by atoms with Crippen LogP contribution in [0.3, 0.4) is 0 Å². The van der Waals surface area contributed by atoms with Crippen molar-refractivity contribution in [2.45, 2.75) is 58.2 Å². The number of aromatic nitrogens is 5. The fourth-order valence-electron chi connectivity index (χ4n) is 4.65. The first-order valence-electron chi connectivity index (χ1n) is 11.7. The minimum atomic E-state index is -0.270. The molecule has 0 bridgehead atoms. The monoisotopic (exact) mass is 479 g/mol. The molecule has 8 nitrogen and oxygen atoms in total. The summed E-state index contributed by atoms with van der Waals surface area (Å²) in [6, 6.07) is 8.03. The summed E-state index contributed by atoms with van der Waals surface area (Å²) in [5.41, 5.74) is 5.00. The number of aliphatic hydroxyl groups is 1. The van der Waals surface area contributed by atoms with Gasteiger partial charge in [-0.2, -0.15) is 10.1 Å². The molecule has 1 aliphatic rings. The van der Waals surface area contributed by atoms with Gasteiger partial charge in [-0.1, -0.05) is 24.4 Å². The lowest BCUT2D eigenvalue weighted by atomic mass is 9.92. The Labute approximate surface area is 204 Å². The Morgan fingerprint density at radius 2 is 2.00 bits per heavy atom. The molecule has 1 fully saturated rings. The first-order chi connectivity index (χ1) is 16.4. The van der Waals surface area contributed by atoms with E-state index in [4.69, 9.17) is 11.6 Å². The summed E-state index contributed by atoms with van der Waals surface area (Å²) in [7, 11) is 2.01. The van der Waals surface area contributed by atoms with Crippen LogP contribution in [0.25, 0.3) is 16.7 Å². The van der Waals surface area contributed by atoms with E-state index in [1.807, 2.05) is 51.4 Å². The molecule has 3 N–H and O–H groups in total. The van der Waals surface area contributed by atoms with Crippen molar-refractivity contribution in [3.63, 3.8) is 0 Å². The van der Waals surface area contributed by atoms with E-state index in [-0.39, 0.29) is 12.1 Å². The number of rotatable bonds is 6. The molecule has 3 aromatic heterocycles. The summed E-state index contributed by atoms with van der Waals surface area (Å²) < 4.78 is 3.86. The van der Waals surface area contributed by atoms with Gasteiger partial charge < -0.3 is 20.3 Å². The Balaban J connectivity index is 1.33. The average Bonchev–Trinajstić information content (AvgIpc) is 3.31. The van der Waals surface area contributed by atoms with Crippen LogP contribution >= 0.6 is 11.6 Å². The van der Waals surface area contributed by atoms with Gasteiger partial charge in [0.25, 0.3) is 0 Å². The third-order valence-corrected chi connectivity index (χ3v) is 7.31. The second kappa shape index (κ2) is 9.37. The molecule has 0 unspecified atom stereocenters. The predicted molar refractivity (Wildman–Crippen MR) is 135 cm³/mol.